The van der Waals surface area contributed by atoms with Crippen molar-refractivity contribution in [2.24, 2.45) is 0 Å². The predicted molar refractivity (Wildman–Crippen MR) is 312 cm³/mol. The minimum Gasteiger partial charge on any atom is -0.460 e. The van der Waals surface area contributed by atoms with Crippen molar-refractivity contribution >= 4 is 76.0 Å². The first-order valence-electron chi connectivity index (χ1n) is 29.1. The van der Waals surface area contributed by atoms with E-state index in [0.29, 0.717) is 57.4 Å². The Kier molecular flexibility index (Phi) is 21.2. The van der Waals surface area contributed by atoms with E-state index in [4.69, 9.17) is 23.9 Å². The van der Waals surface area contributed by atoms with Crippen molar-refractivity contribution in [1.29, 1.82) is 0 Å². The molecule has 5 heterocycles. The Labute approximate surface area is 509 Å². The van der Waals surface area contributed by atoms with Crippen molar-refractivity contribution < 1.29 is 81.2 Å². The van der Waals surface area contributed by atoms with E-state index >= 15 is 4.39 Å². The summed E-state index contributed by atoms with van der Waals surface area (Å²) in [5.41, 5.74) is 0.441. The molecular formula is C61H71FN10O17. The lowest BCUT2D eigenvalue weighted by atomic mass is 9.81. The van der Waals surface area contributed by atoms with Crippen LogP contribution < -0.4 is 42.8 Å². The van der Waals surface area contributed by atoms with E-state index in [1.54, 1.807) is 71.0 Å². The SMILES string of the molecule is CC[C@@]1(O)C(=O)OCc2c1cc1n(c2=O)Cc2c-1nc1cc(F)c(C)c3c1c2[C@@H](NC(=O)CNC(=O)[C@H](Cc1ccccc1)NC(=O)CNC(=O)CNC(=O)[C@H](CC(=O)OC(C)(C)C)NC(=O)CCOCCOCCNC(=O)CCN1C(=O)C=CC1=O)CC3. The molecule has 27 nitrogen and oxygen atoms in total. The third kappa shape index (κ3) is 16.1. The molecule has 9 amide bonds. The van der Waals surface area contributed by atoms with E-state index in [2.05, 4.69) is 37.2 Å². The molecule has 474 valence electrons. The zero-order chi connectivity index (χ0) is 64.3. The molecule has 1 aliphatic carbocycles. The van der Waals surface area contributed by atoms with Gasteiger partial charge in [-0.2, -0.15) is 0 Å². The Hall–Kier alpha value is -9.28. The van der Waals surface area contributed by atoms with Crippen LogP contribution in [0.5, 0.6) is 0 Å². The van der Waals surface area contributed by atoms with Crippen LogP contribution in [0.15, 0.2) is 59.4 Å². The summed E-state index contributed by atoms with van der Waals surface area (Å²) in [5.74, 6) is -8.22. The van der Waals surface area contributed by atoms with Gasteiger partial charge >= 0.3 is 11.9 Å². The number of aryl methyl sites for hydroxylation is 1. The second kappa shape index (κ2) is 28.7. The molecule has 2 aromatic heterocycles. The van der Waals surface area contributed by atoms with Crippen molar-refractivity contribution in [3.8, 4) is 11.4 Å². The van der Waals surface area contributed by atoms with Gasteiger partial charge in [0.2, 0.25) is 41.4 Å². The van der Waals surface area contributed by atoms with Gasteiger partial charge in [0.15, 0.2) is 5.60 Å². The molecular weight excluding hydrogens is 1160 g/mol. The largest absolute Gasteiger partial charge is 0.460 e. The summed E-state index contributed by atoms with van der Waals surface area (Å²) >= 11 is 0. The fourth-order valence-electron chi connectivity index (χ4n) is 10.8. The highest BCUT2D eigenvalue weighted by molar-refractivity contribution is 6.13. The minimum atomic E-state index is -2.09. The van der Waals surface area contributed by atoms with Gasteiger partial charge in [0.05, 0.1) is 87.5 Å². The standard InChI is InChI=1S/C61H71FN10O17/c1-6-61(85)38-25-44-55-36(31-72(44)58(83)37(38)32-88-59(61)84)54-40(13-12-35-33(2)39(62)26-41(70-55)53(35)54)67-49(77)30-66-56(81)42(24-34-10-8-7-9-11-34)69-48(76)29-64-47(75)28-65-57(82)43(27-52(80)89-60(3,4)5)68-46(74)17-20-86-22-23-87-21-18-63-45(73)16-19-71-50(78)14-15-51(71)79/h7-11,14-15,25-26,40,42-43,85H,6,12-13,16-24,27-32H2,1-5H3,(H,63,73)(H,64,75)(H,65,82)(H,66,81)(H,67,77)(H,68,74)(H,69,76)/t40-,42-,43-,61-/m0/s1. The van der Waals surface area contributed by atoms with Crippen LogP contribution in [-0.2, 0) is 103 Å². The van der Waals surface area contributed by atoms with Crippen molar-refractivity contribution in [3.05, 3.63) is 110 Å². The summed E-state index contributed by atoms with van der Waals surface area (Å²) in [4.78, 5) is 161. The summed E-state index contributed by atoms with van der Waals surface area (Å²) < 4.78 is 38.4. The van der Waals surface area contributed by atoms with Crippen LogP contribution in [0.2, 0.25) is 0 Å². The lowest BCUT2D eigenvalue weighted by molar-refractivity contribution is -0.172. The maximum absolute atomic E-state index is 15.5. The normalized spacial score (nSPS) is 16.9. The number of nitrogens with one attached hydrogen (secondary N) is 7. The minimum absolute atomic E-state index is 0.00339. The second-order valence-electron chi connectivity index (χ2n) is 22.6. The van der Waals surface area contributed by atoms with Gasteiger partial charge in [-0.3, -0.25) is 57.6 Å². The van der Waals surface area contributed by atoms with Gasteiger partial charge in [0, 0.05) is 67.1 Å². The molecule has 0 radical (unpaired) electrons. The van der Waals surface area contributed by atoms with Gasteiger partial charge in [0.1, 0.15) is 30.1 Å². The fraction of sp³-hybridized carbons (Fsp3) is 0.459. The first-order valence-corrected chi connectivity index (χ1v) is 29.1. The highest BCUT2D eigenvalue weighted by atomic mass is 19.1. The van der Waals surface area contributed by atoms with Gasteiger partial charge < -0.3 is 65.8 Å². The summed E-state index contributed by atoms with van der Waals surface area (Å²) in [5, 5.41) is 30.0. The topological polar surface area (TPSA) is 367 Å². The van der Waals surface area contributed by atoms with E-state index in [-0.39, 0.29) is 101 Å². The van der Waals surface area contributed by atoms with Gasteiger partial charge in [-0.1, -0.05) is 37.3 Å². The van der Waals surface area contributed by atoms with Crippen molar-refractivity contribution in [2.75, 3.05) is 59.2 Å². The summed E-state index contributed by atoms with van der Waals surface area (Å²) in [7, 11) is 0. The summed E-state index contributed by atoms with van der Waals surface area (Å²) in [6.45, 7) is 6.07. The average molecular weight is 1240 g/mol. The number of fused-ring (bicyclic) bond motifs is 5. The summed E-state index contributed by atoms with van der Waals surface area (Å²) in [6.07, 6.45) is 1.87. The van der Waals surface area contributed by atoms with Crippen molar-refractivity contribution in [1.82, 2.24) is 51.7 Å². The number of pyridine rings is 2. The smallest absolute Gasteiger partial charge is 0.343 e. The first-order chi connectivity index (χ1) is 42.3. The number of esters is 2. The number of rotatable bonds is 28. The van der Waals surface area contributed by atoms with Crippen LogP contribution >= 0.6 is 0 Å². The Morgan fingerprint density at radius 1 is 0.787 bits per heavy atom. The number of benzene rings is 2. The number of carbonyl (C=O) groups excluding carboxylic acids is 11. The number of hydrogen-bond acceptors (Lipinski definition) is 18. The molecule has 2 aromatic carbocycles. The zero-order valence-electron chi connectivity index (χ0n) is 49.9. The molecule has 0 saturated heterocycles. The highest BCUT2D eigenvalue weighted by Crippen LogP contribution is 2.46. The molecule has 8 rings (SSSR count). The maximum Gasteiger partial charge on any atom is 0.343 e. The van der Waals surface area contributed by atoms with Crippen molar-refractivity contribution in [3.63, 3.8) is 0 Å². The molecule has 3 aliphatic heterocycles. The summed E-state index contributed by atoms with van der Waals surface area (Å²) in [6, 6.07) is 8.00. The Morgan fingerprint density at radius 2 is 1.45 bits per heavy atom. The van der Waals surface area contributed by atoms with Crippen molar-refractivity contribution in [2.45, 2.75) is 122 Å². The molecule has 28 heteroatoms. The lowest BCUT2D eigenvalue weighted by Crippen LogP contribution is -2.53. The van der Waals surface area contributed by atoms with E-state index in [0.717, 1.165) is 17.1 Å². The van der Waals surface area contributed by atoms with E-state index < -0.39 is 126 Å². The number of halogens is 1. The first kappa shape index (κ1) is 65.7. The van der Waals surface area contributed by atoms with E-state index in [1.807, 2.05) is 0 Å². The molecule has 8 N–H and O–H groups in total. The van der Waals surface area contributed by atoms with Crippen LogP contribution in [0, 0.1) is 12.7 Å². The number of amides is 9. The molecule has 4 aliphatic rings. The average Bonchev–Trinajstić information content (AvgIpc) is 1.90. The number of carbonyl (C=O) groups is 11. The Morgan fingerprint density at radius 3 is 2.15 bits per heavy atom. The maximum atomic E-state index is 15.5. The number of imide groups is 1. The van der Waals surface area contributed by atoms with Crippen LogP contribution in [0.1, 0.15) is 105 Å². The van der Waals surface area contributed by atoms with Gasteiger partial charge in [-0.15, -0.1) is 0 Å². The highest BCUT2D eigenvalue weighted by Gasteiger charge is 2.46. The Bertz CT molecular complexity index is 3570. The number of hydrogen-bond donors (Lipinski definition) is 8. The number of cyclic esters (lactones) is 1. The third-order valence-corrected chi connectivity index (χ3v) is 15.3. The van der Waals surface area contributed by atoms with Crippen LogP contribution in [-0.4, -0.2) is 161 Å². The fourth-order valence-corrected chi connectivity index (χ4v) is 10.8. The van der Waals surface area contributed by atoms with Crippen LogP contribution in [0.3, 0.4) is 0 Å². The quantitative estimate of drug-likeness (QED) is 0.0182. The molecule has 89 heavy (non-hydrogen) atoms. The van der Waals surface area contributed by atoms with Crippen LogP contribution in [0.25, 0.3) is 22.3 Å². The number of aliphatic hydroxyl groups is 1. The molecule has 0 fully saturated rings. The molecule has 4 aromatic rings. The number of aromatic nitrogens is 2. The predicted octanol–water partition coefficient (Wildman–Crippen LogP) is -0.222. The van der Waals surface area contributed by atoms with E-state index in [9.17, 15) is 62.6 Å². The molecule has 0 saturated carbocycles. The molecule has 4 atom stereocenters. The molecule has 0 unspecified atom stereocenters. The molecule has 0 spiro atoms. The number of ether oxygens (including phenoxy) is 4. The third-order valence-electron chi connectivity index (χ3n) is 15.3. The van der Waals surface area contributed by atoms with Crippen LogP contribution in [0.4, 0.5) is 4.39 Å². The van der Waals surface area contributed by atoms with Gasteiger partial charge in [-0.25, -0.2) is 14.2 Å². The Balaban J connectivity index is 0.821. The van der Waals surface area contributed by atoms with Gasteiger partial charge in [0.25, 0.3) is 17.4 Å². The second-order valence-corrected chi connectivity index (χ2v) is 22.6. The molecule has 0 bridgehead atoms. The zero-order valence-corrected chi connectivity index (χ0v) is 49.9. The lowest BCUT2D eigenvalue weighted by Gasteiger charge is -2.31. The van der Waals surface area contributed by atoms with E-state index in [1.165, 1.54) is 10.6 Å². The monoisotopic (exact) mass is 1230 g/mol. The number of nitrogens with zero attached hydrogens (tertiary/aromatic N) is 3. The van der Waals surface area contributed by atoms with Gasteiger partial charge in [-0.05, 0) is 75.3 Å².